The summed E-state index contributed by atoms with van der Waals surface area (Å²) in [5.41, 5.74) is 0.921. The van der Waals surface area contributed by atoms with Gasteiger partial charge in [-0.1, -0.05) is 6.07 Å². The van der Waals surface area contributed by atoms with Crippen molar-refractivity contribution in [3.05, 3.63) is 31.4 Å². The topological polar surface area (TPSA) is 43.1 Å². The molecule has 1 aromatic rings. The van der Waals surface area contributed by atoms with Crippen LogP contribution in [0.5, 0.6) is 0 Å². The number of nitro benzene ring substituents is 1. The van der Waals surface area contributed by atoms with Crippen molar-refractivity contribution in [2.24, 2.45) is 0 Å². The van der Waals surface area contributed by atoms with E-state index in [0.29, 0.717) is 8.47 Å². The van der Waals surface area contributed by atoms with Gasteiger partial charge in [0, 0.05) is 0 Å². The lowest BCUT2D eigenvalue weighted by Crippen LogP contribution is -1.94. The predicted molar refractivity (Wildman–Crippen MR) is 57.8 cm³/mol. The van der Waals surface area contributed by atoms with Crippen molar-refractivity contribution in [1.29, 1.82) is 0 Å². The van der Waals surface area contributed by atoms with Gasteiger partial charge in [0.1, 0.15) is 0 Å². The highest BCUT2D eigenvalue weighted by Gasteiger charge is 2.17. The van der Waals surface area contributed by atoms with E-state index in [1.54, 1.807) is 13.0 Å². The third-order valence-corrected chi connectivity index (χ3v) is 2.92. The average molecular weight is 295 g/mol. The van der Waals surface area contributed by atoms with Crippen molar-refractivity contribution in [3.63, 3.8) is 0 Å². The first kappa shape index (κ1) is 9.79. The summed E-state index contributed by atoms with van der Waals surface area (Å²) in [6.07, 6.45) is 0. The lowest BCUT2D eigenvalue weighted by atomic mass is 10.2. The van der Waals surface area contributed by atoms with Crippen LogP contribution in [0, 0.1) is 20.6 Å². The Labute approximate surface area is 88.9 Å². The first-order chi connectivity index (χ1) is 5.54. The van der Waals surface area contributed by atoms with E-state index in [-0.39, 0.29) is 5.69 Å². The van der Waals surface area contributed by atoms with E-state index in [1.807, 2.05) is 28.7 Å². The molecule has 0 aliphatic rings. The molecule has 12 heavy (non-hydrogen) atoms. The van der Waals surface area contributed by atoms with E-state index < -0.39 is 4.92 Å². The Morgan fingerprint density at radius 1 is 1.58 bits per heavy atom. The number of halogens is 1. The Hall–Kier alpha value is -0.300. The Kier molecular flexibility index (Phi) is 2.94. The molecule has 0 aliphatic heterocycles. The normalized spacial score (nSPS) is 9.92. The van der Waals surface area contributed by atoms with Crippen molar-refractivity contribution >= 4 is 40.9 Å². The molecule has 0 spiro atoms. The number of benzene rings is 1. The van der Waals surface area contributed by atoms with Gasteiger partial charge >= 0.3 is 0 Å². The molecule has 0 saturated heterocycles. The molecule has 5 heteroatoms. The number of thiol groups is 1. The van der Waals surface area contributed by atoms with Crippen molar-refractivity contribution in [3.8, 4) is 0 Å². The van der Waals surface area contributed by atoms with Gasteiger partial charge in [-0.25, -0.2) is 0 Å². The quantitative estimate of drug-likeness (QED) is 0.375. The molecular formula is C7H6INO2S. The van der Waals surface area contributed by atoms with E-state index in [2.05, 4.69) is 12.6 Å². The maximum absolute atomic E-state index is 10.5. The summed E-state index contributed by atoms with van der Waals surface area (Å²) >= 11 is 6.00. The Bertz CT molecular complexity index is 340. The second-order valence-corrected chi connectivity index (χ2v) is 3.93. The second kappa shape index (κ2) is 3.61. The molecule has 0 N–H and O–H groups in total. The summed E-state index contributed by atoms with van der Waals surface area (Å²) in [6, 6.07) is 3.53. The van der Waals surface area contributed by atoms with Crippen LogP contribution in [-0.2, 0) is 0 Å². The van der Waals surface area contributed by atoms with Gasteiger partial charge < -0.3 is 0 Å². The summed E-state index contributed by atoms with van der Waals surface area (Å²) in [6.45, 7) is 1.80. The molecular weight excluding hydrogens is 289 g/mol. The van der Waals surface area contributed by atoms with E-state index in [4.69, 9.17) is 0 Å². The van der Waals surface area contributed by atoms with E-state index in [1.165, 1.54) is 0 Å². The lowest BCUT2D eigenvalue weighted by molar-refractivity contribution is -0.388. The maximum atomic E-state index is 10.5. The molecule has 0 radical (unpaired) electrons. The molecule has 0 unspecified atom stereocenters. The highest BCUT2D eigenvalue weighted by atomic mass is 127. The first-order valence-corrected chi connectivity index (χ1v) is 4.69. The fourth-order valence-corrected chi connectivity index (χ4v) is 1.97. The summed E-state index contributed by atoms with van der Waals surface area (Å²) in [5, 5.41) is 10.5. The van der Waals surface area contributed by atoms with Crippen molar-refractivity contribution in [1.82, 2.24) is 0 Å². The van der Waals surface area contributed by atoms with Gasteiger partial charge in [-0.05, 0) is 41.1 Å². The molecule has 0 atom stereocenters. The average Bonchev–Trinajstić information content (AvgIpc) is 1.97. The molecule has 0 heterocycles. The molecule has 0 amide bonds. The molecule has 3 nitrogen and oxygen atoms in total. The van der Waals surface area contributed by atoms with Crippen LogP contribution >= 0.6 is 35.2 Å². The van der Waals surface area contributed by atoms with Gasteiger partial charge in [-0.15, -0.1) is 12.6 Å². The van der Waals surface area contributed by atoms with E-state index in [9.17, 15) is 10.1 Å². The van der Waals surface area contributed by atoms with Gasteiger partial charge in [0.15, 0.2) is 0 Å². The van der Waals surface area contributed by atoms with Crippen LogP contribution in [0.15, 0.2) is 17.0 Å². The van der Waals surface area contributed by atoms with Crippen LogP contribution in [-0.4, -0.2) is 4.92 Å². The van der Waals surface area contributed by atoms with Gasteiger partial charge in [0.2, 0.25) is 0 Å². The van der Waals surface area contributed by atoms with Crippen LogP contribution in [0.25, 0.3) is 0 Å². The van der Waals surface area contributed by atoms with Crippen molar-refractivity contribution in [2.45, 2.75) is 11.8 Å². The van der Waals surface area contributed by atoms with E-state index >= 15 is 0 Å². The standard InChI is InChI=1S/C7H6INO2S/c1-4-2-3-5(8)6(7(4)12)9(10)11/h2-3,12H,1H3. The highest BCUT2D eigenvalue weighted by Crippen LogP contribution is 2.30. The molecule has 0 saturated carbocycles. The number of nitrogens with zero attached hydrogens (tertiary/aromatic N) is 1. The van der Waals surface area contributed by atoms with Crippen molar-refractivity contribution < 1.29 is 4.92 Å². The number of nitro groups is 1. The zero-order valence-electron chi connectivity index (χ0n) is 6.24. The summed E-state index contributed by atoms with van der Waals surface area (Å²) in [4.78, 5) is 10.6. The van der Waals surface area contributed by atoms with Gasteiger partial charge in [0.25, 0.3) is 5.69 Å². The number of rotatable bonds is 1. The minimum atomic E-state index is -0.406. The Morgan fingerprint density at radius 2 is 2.17 bits per heavy atom. The van der Waals surface area contributed by atoms with Crippen LogP contribution < -0.4 is 0 Å². The van der Waals surface area contributed by atoms with Crippen LogP contribution in [0.3, 0.4) is 0 Å². The number of aryl methyl sites for hydroxylation is 1. The zero-order valence-corrected chi connectivity index (χ0v) is 9.30. The smallest absolute Gasteiger partial charge is 0.258 e. The van der Waals surface area contributed by atoms with Crippen molar-refractivity contribution in [2.75, 3.05) is 0 Å². The molecule has 1 rings (SSSR count). The third-order valence-electron chi connectivity index (χ3n) is 1.49. The SMILES string of the molecule is Cc1ccc(I)c([N+](=O)[O-])c1S. The van der Waals surface area contributed by atoms with Crippen LogP contribution in [0.1, 0.15) is 5.56 Å². The Morgan fingerprint density at radius 3 is 2.58 bits per heavy atom. The second-order valence-electron chi connectivity index (χ2n) is 2.32. The largest absolute Gasteiger partial charge is 0.296 e. The van der Waals surface area contributed by atoms with Gasteiger partial charge in [0.05, 0.1) is 13.4 Å². The Balaban J connectivity index is 3.43. The number of hydrogen-bond donors (Lipinski definition) is 1. The molecule has 0 bridgehead atoms. The van der Waals surface area contributed by atoms with Crippen LogP contribution in [0.2, 0.25) is 0 Å². The molecule has 0 aliphatic carbocycles. The molecule has 1 aromatic carbocycles. The van der Waals surface area contributed by atoms with Gasteiger partial charge in [-0.2, -0.15) is 0 Å². The zero-order chi connectivity index (χ0) is 9.30. The fourth-order valence-electron chi connectivity index (χ4n) is 0.830. The van der Waals surface area contributed by atoms with Gasteiger partial charge in [-0.3, -0.25) is 10.1 Å². The maximum Gasteiger partial charge on any atom is 0.296 e. The molecule has 0 aromatic heterocycles. The summed E-state index contributed by atoms with van der Waals surface area (Å²) in [5.74, 6) is 0. The molecule has 0 fully saturated rings. The first-order valence-electron chi connectivity index (χ1n) is 3.16. The highest BCUT2D eigenvalue weighted by molar-refractivity contribution is 14.1. The summed E-state index contributed by atoms with van der Waals surface area (Å²) < 4.78 is 0.619. The summed E-state index contributed by atoms with van der Waals surface area (Å²) in [7, 11) is 0. The number of hydrogen-bond acceptors (Lipinski definition) is 3. The molecule has 64 valence electrons. The lowest BCUT2D eigenvalue weighted by Gasteiger charge is -2.01. The minimum absolute atomic E-state index is 0.0962. The fraction of sp³-hybridized carbons (Fsp3) is 0.143. The predicted octanol–water partition coefficient (Wildman–Crippen LogP) is 2.80. The van der Waals surface area contributed by atoms with E-state index in [0.717, 1.165) is 5.56 Å². The minimum Gasteiger partial charge on any atom is -0.258 e. The van der Waals surface area contributed by atoms with Crippen LogP contribution in [0.4, 0.5) is 5.69 Å². The monoisotopic (exact) mass is 295 g/mol. The third kappa shape index (κ3) is 1.71.